The van der Waals surface area contributed by atoms with Crippen LogP contribution in [0, 0.1) is 0 Å². The summed E-state index contributed by atoms with van der Waals surface area (Å²) in [6, 6.07) is 13.4. The molecule has 5 nitrogen and oxygen atoms in total. The van der Waals surface area contributed by atoms with Crippen LogP contribution in [0.1, 0.15) is 6.92 Å². The number of aliphatic imine (C=N–C) groups is 1. The fourth-order valence-electron chi connectivity index (χ4n) is 2.17. The quantitative estimate of drug-likeness (QED) is 0.593. The van der Waals surface area contributed by atoms with Crippen molar-refractivity contribution < 1.29 is 4.74 Å². The Balaban J connectivity index is 2.00. The molecule has 0 radical (unpaired) electrons. The van der Waals surface area contributed by atoms with E-state index in [2.05, 4.69) is 15.0 Å². The minimum atomic E-state index is 0.523. The lowest BCUT2D eigenvalue weighted by Gasteiger charge is -2.04. The van der Waals surface area contributed by atoms with Crippen LogP contribution in [-0.2, 0) is 0 Å². The van der Waals surface area contributed by atoms with Gasteiger partial charge in [-0.2, -0.15) is 0 Å². The Kier molecular flexibility index (Phi) is 3.70. The van der Waals surface area contributed by atoms with Gasteiger partial charge in [0.05, 0.1) is 24.1 Å². The molecule has 0 spiro atoms. The van der Waals surface area contributed by atoms with E-state index < -0.39 is 0 Å². The number of aromatic nitrogens is 2. The zero-order chi connectivity index (χ0) is 15.5. The average Bonchev–Trinajstić information content (AvgIpc) is 2.54. The molecule has 1 aromatic heterocycles. The minimum Gasteiger partial charge on any atom is -0.497 e. The molecule has 110 valence electrons. The van der Waals surface area contributed by atoms with Gasteiger partial charge in [0.1, 0.15) is 5.75 Å². The van der Waals surface area contributed by atoms with Crippen LogP contribution >= 0.6 is 0 Å². The van der Waals surface area contributed by atoms with E-state index in [1.807, 2.05) is 42.5 Å². The highest BCUT2D eigenvalue weighted by molar-refractivity contribution is 5.85. The molecular formula is C17H16N4O. The van der Waals surface area contributed by atoms with Gasteiger partial charge in [0.2, 0.25) is 0 Å². The van der Waals surface area contributed by atoms with E-state index in [-0.39, 0.29) is 0 Å². The molecule has 0 saturated heterocycles. The number of ether oxygens (including phenoxy) is 1. The third kappa shape index (κ3) is 2.88. The first kappa shape index (κ1) is 14.0. The number of hydrogen-bond donors (Lipinski definition) is 1. The zero-order valence-corrected chi connectivity index (χ0v) is 12.4. The van der Waals surface area contributed by atoms with Gasteiger partial charge in [0.15, 0.2) is 5.82 Å². The van der Waals surface area contributed by atoms with E-state index in [9.17, 15) is 0 Å². The summed E-state index contributed by atoms with van der Waals surface area (Å²) in [7, 11) is 1.64. The SMILES string of the molecule is COc1ccc(-c2ncc3cc(N=C(C)N)ccc3n2)cc1. The molecule has 0 aliphatic carbocycles. The Bertz CT molecular complexity index is 837. The van der Waals surface area contributed by atoms with Crippen molar-refractivity contribution in [2.24, 2.45) is 10.7 Å². The molecule has 0 unspecified atom stereocenters. The van der Waals surface area contributed by atoms with Crippen LogP contribution < -0.4 is 10.5 Å². The first-order chi connectivity index (χ1) is 10.7. The molecule has 0 bridgehead atoms. The summed E-state index contributed by atoms with van der Waals surface area (Å²) >= 11 is 0. The van der Waals surface area contributed by atoms with Crippen molar-refractivity contribution in [2.45, 2.75) is 6.92 Å². The first-order valence-electron chi connectivity index (χ1n) is 6.88. The summed E-state index contributed by atoms with van der Waals surface area (Å²) in [4.78, 5) is 13.2. The molecule has 2 N–H and O–H groups in total. The van der Waals surface area contributed by atoms with E-state index in [1.165, 1.54) is 0 Å². The number of benzene rings is 2. The van der Waals surface area contributed by atoms with Crippen LogP contribution in [0.2, 0.25) is 0 Å². The van der Waals surface area contributed by atoms with Gasteiger partial charge in [0.25, 0.3) is 0 Å². The largest absolute Gasteiger partial charge is 0.497 e. The van der Waals surface area contributed by atoms with Crippen molar-refractivity contribution in [2.75, 3.05) is 7.11 Å². The highest BCUT2D eigenvalue weighted by Gasteiger charge is 2.04. The highest BCUT2D eigenvalue weighted by atomic mass is 16.5. The maximum absolute atomic E-state index is 5.60. The van der Waals surface area contributed by atoms with Crippen LogP contribution in [0.4, 0.5) is 5.69 Å². The van der Waals surface area contributed by atoms with Crippen molar-refractivity contribution in [3.8, 4) is 17.1 Å². The average molecular weight is 292 g/mol. The molecule has 0 aliphatic heterocycles. The topological polar surface area (TPSA) is 73.4 Å². The molecule has 3 rings (SSSR count). The second kappa shape index (κ2) is 5.81. The molecule has 0 amide bonds. The Morgan fingerprint density at radius 2 is 1.91 bits per heavy atom. The number of rotatable bonds is 3. The number of methoxy groups -OCH3 is 1. The number of nitrogens with zero attached hydrogens (tertiary/aromatic N) is 3. The first-order valence-corrected chi connectivity index (χ1v) is 6.88. The van der Waals surface area contributed by atoms with E-state index in [0.29, 0.717) is 11.7 Å². The van der Waals surface area contributed by atoms with Gasteiger partial charge in [-0.05, 0) is 49.4 Å². The van der Waals surface area contributed by atoms with Gasteiger partial charge in [-0.15, -0.1) is 0 Å². The van der Waals surface area contributed by atoms with Gasteiger partial charge in [-0.25, -0.2) is 15.0 Å². The smallest absolute Gasteiger partial charge is 0.159 e. The Morgan fingerprint density at radius 3 is 2.59 bits per heavy atom. The molecule has 2 aromatic carbocycles. The lowest BCUT2D eigenvalue weighted by atomic mass is 10.2. The fourth-order valence-corrected chi connectivity index (χ4v) is 2.17. The Morgan fingerprint density at radius 1 is 1.14 bits per heavy atom. The predicted molar refractivity (Wildman–Crippen MR) is 88.5 cm³/mol. The fraction of sp³-hybridized carbons (Fsp3) is 0.118. The normalized spacial score (nSPS) is 11.6. The predicted octanol–water partition coefficient (Wildman–Crippen LogP) is 3.31. The number of amidine groups is 1. The Labute approximate surface area is 128 Å². The second-order valence-corrected chi connectivity index (χ2v) is 4.92. The summed E-state index contributed by atoms with van der Waals surface area (Å²) in [5.74, 6) is 2.01. The summed E-state index contributed by atoms with van der Waals surface area (Å²) in [6.45, 7) is 1.76. The number of hydrogen-bond acceptors (Lipinski definition) is 4. The van der Waals surface area contributed by atoms with E-state index in [4.69, 9.17) is 10.5 Å². The second-order valence-electron chi connectivity index (χ2n) is 4.92. The van der Waals surface area contributed by atoms with Crippen molar-refractivity contribution in [1.82, 2.24) is 9.97 Å². The number of fused-ring (bicyclic) bond motifs is 1. The molecule has 5 heteroatoms. The maximum atomic E-state index is 5.60. The minimum absolute atomic E-state index is 0.523. The molecule has 22 heavy (non-hydrogen) atoms. The van der Waals surface area contributed by atoms with Crippen molar-refractivity contribution >= 4 is 22.4 Å². The molecule has 1 heterocycles. The lowest BCUT2D eigenvalue weighted by Crippen LogP contribution is -2.03. The van der Waals surface area contributed by atoms with E-state index in [1.54, 1.807) is 20.2 Å². The third-order valence-electron chi connectivity index (χ3n) is 3.22. The summed E-state index contributed by atoms with van der Waals surface area (Å²) in [5.41, 5.74) is 8.22. The van der Waals surface area contributed by atoms with Crippen LogP contribution in [0.15, 0.2) is 53.7 Å². The van der Waals surface area contributed by atoms with E-state index >= 15 is 0 Å². The number of nitrogens with two attached hydrogens (primary N) is 1. The molecule has 3 aromatic rings. The van der Waals surface area contributed by atoms with E-state index in [0.717, 1.165) is 27.9 Å². The monoisotopic (exact) mass is 292 g/mol. The van der Waals surface area contributed by atoms with Gasteiger partial charge in [-0.1, -0.05) is 0 Å². The van der Waals surface area contributed by atoms with Gasteiger partial charge in [0, 0.05) is 17.1 Å². The standard InChI is InChI=1S/C17H16N4O/c1-11(18)20-14-5-8-16-13(9-14)10-19-17(21-16)12-3-6-15(22-2)7-4-12/h3-10H,1-2H3,(H2,18,20). The summed E-state index contributed by atoms with van der Waals surface area (Å²) in [6.07, 6.45) is 1.80. The lowest BCUT2D eigenvalue weighted by molar-refractivity contribution is 0.415. The third-order valence-corrected chi connectivity index (χ3v) is 3.22. The van der Waals surface area contributed by atoms with Crippen LogP contribution in [0.25, 0.3) is 22.3 Å². The molecule has 0 saturated carbocycles. The van der Waals surface area contributed by atoms with Gasteiger partial charge in [-0.3, -0.25) is 0 Å². The highest BCUT2D eigenvalue weighted by Crippen LogP contribution is 2.23. The van der Waals surface area contributed by atoms with Crippen LogP contribution in [0.5, 0.6) is 5.75 Å². The van der Waals surface area contributed by atoms with Crippen molar-refractivity contribution in [1.29, 1.82) is 0 Å². The maximum Gasteiger partial charge on any atom is 0.159 e. The van der Waals surface area contributed by atoms with Crippen molar-refractivity contribution in [3.63, 3.8) is 0 Å². The molecule has 0 aliphatic rings. The molecular weight excluding hydrogens is 276 g/mol. The zero-order valence-electron chi connectivity index (χ0n) is 12.4. The molecule has 0 fully saturated rings. The molecule has 0 atom stereocenters. The Hall–Kier alpha value is -2.95. The van der Waals surface area contributed by atoms with Crippen LogP contribution in [0.3, 0.4) is 0 Å². The van der Waals surface area contributed by atoms with Crippen LogP contribution in [-0.4, -0.2) is 22.9 Å². The van der Waals surface area contributed by atoms with Gasteiger partial charge >= 0.3 is 0 Å². The van der Waals surface area contributed by atoms with Gasteiger partial charge < -0.3 is 10.5 Å². The summed E-state index contributed by atoms with van der Waals surface area (Å²) in [5, 5.41) is 0.930. The van der Waals surface area contributed by atoms with Crippen molar-refractivity contribution in [3.05, 3.63) is 48.7 Å². The summed E-state index contributed by atoms with van der Waals surface area (Å²) < 4.78 is 5.16.